The Morgan fingerprint density at radius 2 is 2.14 bits per heavy atom. The first-order valence-corrected chi connectivity index (χ1v) is 8.03. The SMILES string of the molecule is Nn1cnnc1SCC(=O)N1CC=C(c2ccccc2)CC1. The zero-order valence-electron chi connectivity index (χ0n) is 12.1. The second kappa shape index (κ2) is 6.65. The minimum Gasteiger partial charge on any atom is -0.338 e. The van der Waals surface area contributed by atoms with Crippen LogP contribution in [0.15, 0.2) is 47.9 Å². The number of carbonyl (C=O) groups excluding carboxylic acids is 1. The van der Waals surface area contributed by atoms with Crippen molar-refractivity contribution in [3.05, 3.63) is 48.3 Å². The smallest absolute Gasteiger partial charge is 0.233 e. The molecule has 0 saturated heterocycles. The van der Waals surface area contributed by atoms with Crippen LogP contribution in [0.25, 0.3) is 5.57 Å². The van der Waals surface area contributed by atoms with Gasteiger partial charge in [-0.3, -0.25) is 4.79 Å². The van der Waals surface area contributed by atoms with Gasteiger partial charge in [-0.15, -0.1) is 10.2 Å². The summed E-state index contributed by atoms with van der Waals surface area (Å²) in [5, 5.41) is 8.09. The lowest BCUT2D eigenvalue weighted by Crippen LogP contribution is -2.36. The summed E-state index contributed by atoms with van der Waals surface area (Å²) < 4.78 is 1.32. The average Bonchev–Trinajstić information content (AvgIpc) is 2.99. The molecule has 0 spiro atoms. The molecule has 2 N–H and O–H groups in total. The van der Waals surface area contributed by atoms with Crippen molar-refractivity contribution >= 4 is 23.2 Å². The van der Waals surface area contributed by atoms with Gasteiger partial charge in [-0.1, -0.05) is 48.2 Å². The summed E-state index contributed by atoms with van der Waals surface area (Å²) in [4.78, 5) is 14.1. The number of thioether (sulfide) groups is 1. The molecule has 0 radical (unpaired) electrons. The van der Waals surface area contributed by atoms with Gasteiger partial charge in [-0.2, -0.15) is 0 Å². The molecule has 1 aliphatic rings. The van der Waals surface area contributed by atoms with Gasteiger partial charge in [-0.25, -0.2) is 4.68 Å². The van der Waals surface area contributed by atoms with E-state index in [1.54, 1.807) is 0 Å². The maximum absolute atomic E-state index is 12.2. The standard InChI is InChI=1S/C15H17N5OS/c16-20-11-17-18-15(20)22-10-14(21)19-8-6-13(7-9-19)12-4-2-1-3-5-12/h1-6,11H,7-10,16H2. The number of nitrogen functional groups attached to an aromatic ring is 1. The minimum atomic E-state index is 0.0939. The fourth-order valence-electron chi connectivity index (χ4n) is 2.36. The van der Waals surface area contributed by atoms with E-state index < -0.39 is 0 Å². The van der Waals surface area contributed by atoms with Crippen LogP contribution in [-0.2, 0) is 4.79 Å². The number of benzene rings is 1. The van der Waals surface area contributed by atoms with E-state index in [0.717, 1.165) is 13.0 Å². The lowest BCUT2D eigenvalue weighted by Gasteiger charge is -2.26. The summed E-state index contributed by atoms with van der Waals surface area (Å²) >= 11 is 1.31. The number of nitrogens with zero attached hydrogens (tertiary/aromatic N) is 4. The number of nitrogens with two attached hydrogens (primary N) is 1. The number of rotatable bonds is 4. The van der Waals surface area contributed by atoms with Gasteiger partial charge in [0.05, 0.1) is 5.75 Å². The first-order chi connectivity index (χ1) is 10.7. The number of hydrogen-bond donors (Lipinski definition) is 1. The molecule has 1 aromatic heterocycles. The van der Waals surface area contributed by atoms with Crippen LogP contribution in [0.3, 0.4) is 0 Å². The van der Waals surface area contributed by atoms with Crippen LogP contribution >= 0.6 is 11.8 Å². The maximum Gasteiger partial charge on any atom is 0.233 e. The van der Waals surface area contributed by atoms with Gasteiger partial charge in [-0.05, 0) is 17.6 Å². The minimum absolute atomic E-state index is 0.0939. The zero-order chi connectivity index (χ0) is 15.4. The number of carbonyl (C=O) groups is 1. The van der Waals surface area contributed by atoms with Crippen LogP contribution in [0.2, 0.25) is 0 Å². The molecular formula is C15H17N5OS. The van der Waals surface area contributed by atoms with Crippen LogP contribution in [0.5, 0.6) is 0 Å². The Labute approximate surface area is 133 Å². The van der Waals surface area contributed by atoms with Crippen LogP contribution in [-0.4, -0.2) is 44.5 Å². The van der Waals surface area contributed by atoms with Gasteiger partial charge in [0.15, 0.2) is 0 Å². The molecular weight excluding hydrogens is 298 g/mol. The van der Waals surface area contributed by atoms with Crippen LogP contribution in [0.4, 0.5) is 0 Å². The fourth-order valence-corrected chi connectivity index (χ4v) is 3.10. The predicted octanol–water partition coefficient (Wildman–Crippen LogP) is 1.40. The Hall–Kier alpha value is -2.28. The predicted molar refractivity (Wildman–Crippen MR) is 86.5 cm³/mol. The van der Waals surface area contributed by atoms with Crippen molar-refractivity contribution in [2.24, 2.45) is 0 Å². The summed E-state index contributed by atoms with van der Waals surface area (Å²) in [7, 11) is 0. The van der Waals surface area contributed by atoms with E-state index in [1.807, 2.05) is 23.1 Å². The van der Waals surface area contributed by atoms with Crippen molar-refractivity contribution in [3.63, 3.8) is 0 Å². The molecule has 0 fully saturated rings. The second-order valence-corrected chi connectivity index (χ2v) is 5.94. The number of amides is 1. The van der Waals surface area contributed by atoms with Crippen molar-refractivity contribution in [1.29, 1.82) is 0 Å². The lowest BCUT2D eigenvalue weighted by atomic mass is 10.00. The normalized spacial score (nSPS) is 14.7. The maximum atomic E-state index is 12.2. The summed E-state index contributed by atoms with van der Waals surface area (Å²) in [6.07, 6.45) is 4.43. The Balaban J connectivity index is 1.55. The fraction of sp³-hybridized carbons (Fsp3) is 0.267. The van der Waals surface area contributed by atoms with Crippen molar-refractivity contribution in [2.75, 3.05) is 24.7 Å². The molecule has 0 aliphatic carbocycles. The molecule has 1 amide bonds. The highest BCUT2D eigenvalue weighted by Crippen LogP contribution is 2.22. The first-order valence-electron chi connectivity index (χ1n) is 7.04. The van der Waals surface area contributed by atoms with Crippen molar-refractivity contribution < 1.29 is 4.79 Å². The molecule has 3 rings (SSSR count). The average molecular weight is 315 g/mol. The van der Waals surface area contributed by atoms with Crippen LogP contribution < -0.4 is 5.84 Å². The van der Waals surface area contributed by atoms with Gasteiger partial charge in [0.1, 0.15) is 6.33 Å². The quantitative estimate of drug-likeness (QED) is 0.682. The third kappa shape index (κ3) is 3.30. The number of hydrogen-bond acceptors (Lipinski definition) is 5. The highest BCUT2D eigenvalue weighted by Gasteiger charge is 2.18. The van der Waals surface area contributed by atoms with E-state index >= 15 is 0 Å². The van der Waals surface area contributed by atoms with Crippen LogP contribution in [0.1, 0.15) is 12.0 Å². The summed E-state index contributed by atoms with van der Waals surface area (Å²) in [5.74, 6) is 6.04. The van der Waals surface area contributed by atoms with Gasteiger partial charge in [0.25, 0.3) is 0 Å². The van der Waals surface area contributed by atoms with E-state index in [0.29, 0.717) is 17.5 Å². The Morgan fingerprint density at radius 3 is 2.77 bits per heavy atom. The van der Waals surface area contributed by atoms with Gasteiger partial charge in [0.2, 0.25) is 11.1 Å². The molecule has 0 saturated carbocycles. The molecule has 0 atom stereocenters. The molecule has 0 bridgehead atoms. The highest BCUT2D eigenvalue weighted by atomic mass is 32.2. The van der Waals surface area contributed by atoms with Crippen LogP contribution in [0, 0.1) is 0 Å². The molecule has 1 aromatic carbocycles. The molecule has 114 valence electrons. The van der Waals surface area contributed by atoms with E-state index in [2.05, 4.69) is 28.4 Å². The van der Waals surface area contributed by atoms with Crippen molar-refractivity contribution in [3.8, 4) is 0 Å². The summed E-state index contributed by atoms with van der Waals surface area (Å²) in [6, 6.07) is 10.3. The van der Waals surface area contributed by atoms with Crippen molar-refractivity contribution in [2.45, 2.75) is 11.6 Å². The lowest BCUT2D eigenvalue weighted by molar-refractivity contribution is -0.127. The van der Waals surface area contributed by atoms with E-state index in [4.69, 9.17) is 5.84 Å². The Morgan fingerprint density at radius 1 is 1.32 bits per heavy atom. The highest BCUT2D eigenvalue weighted by molar-refractivity contribution is 7.99. The van der Waals surface area contributed by atoms with E-state index in [-0.39, 0.29) is 5.91 Å². The Kier molecular flexibility index (Phi) is 4.43. The van der Waals surface area contributed by atoms with Gasteiger partial charge >= 0.3 is 0 Å². The topological polar surface area (TPSA) is 77.0 Å². The molecule has 7 heteroatoms. The second-order valence-electron chi connectivity index (χ2n) is 4.99. The first kappa shape index (κ1) is 14.6. The molecule has 2 aromatic rings. The summed E-state index contributed by atoms with van der Waals surface area (Å²) in [5.41, 5.74) is 2.54. The van der Waals surface area contributed by atoms with E-state index in [1.165, 1.54) is 33.9 Å². The largest absolute Gasteiger partial charge is 0.338 e. The monoisotopic (exact) mass is 315 g/mol. The van der Waals surface area contributed by atoms with Crippen molar-refractivity contribution in [1.82, 2.24) is 19.8 Å². The zero-order valence-corrected chi connectivity index (χ0v) is 12.9. The van der Waals surface area contributed by atoms with Gasteiger partial charge < -0.3 is 10.7 Å². The third-order valence-corrected chi connectivity index (χ3v) is 4.51. The molecule has 6 nitrogen and oxygen atoms in total. The number of aromatic nitrogens is 3. The Bertz CT molecular complexity index is 682. The molecule has 2 heterocycles. The third-order valence-electron chi connectivity index (χ3n) is 3.57. The van der Waals surface area contributed by atoms with E-state index in [9.17, 15) is 4.79 Å². The molecule has 0 unspecified atom stereocenters. The molecule has 22 heavy (non-hydrogen) atoms. The van der Waals surface area contributed by atoms with Gasteiger partial charge in [0, 0.05) is 13.1 Å². The summed E-state index contributed by atoms with van der Waals surface area (Å²) in [6.45, 7) is 1.40. The molecule has 1 aliphatic heterocycles.